The van der Waals surface area contributed by atoms with Gasteiger partial charge in [-0.25, -0.2) is 0 Å². The topological polar surface area (TPSA) is 74.2 Å². The van der Waals surface area contributed by atoms with E-state index in [-0.39, 0.29) is 18.6 Å². The first-order valence-electron chi connectivity index (χ1n) is 11.6. The van der Waals surface area contributed by atoms with Crippen molar-refractivity contribution in [2.75, 3.05) is 6.61 Å². The minimum atomic E-state index is -0.907. The molecular formula is C28H27ClO6. The van der Waals surface area contributed by atoms with Crippen molar-refractivity contribution < 1.29 is 28.8 Å². The zero-order chi connectivity index (χ0) is 24.6. The van der Waals surface area contributed by atoms with E-state index < -0.39 is 23.6 Å². The quantitative estimate of drug-likeness (QED) is 0.420. The molecule has 4 atom stereocenters. The number of benzene rings is 3. The third kappa shape index (κ3) is 4.95. The first-order valence-corrected chi connectivity index (χ1v) is 12.0. The highest BCUT2D eigenvalue weighted by molar-refractivity contribution is 6.30. The van der Waals surface area contributed by atoms with Crippen molar-refractivity contribution in [2.24, 2.45) is 11.8 Å². The van der Waals surface area contributed by atoms with Crippen molar-refractivity contribution in [3.8, 4) is 23.0 Å². The average molecular weight is 495 g/mol. The molecule has 0 spiro atoms. The number of carboxylic acid groups (broad SMARTS) is 1. The van der Waals surface area contributed by atoms with E-state index in [4.69, 9.17) is 30.5 Å². The minimum absolute atomic E-state index is 0.110. The Balaban J connectivity index is 1.43. The zero-order valence-corrected chi connectivity index (χ0v) is 20.3. The number of hydrogen-bond donors (Lipinski definition) is 1. The van der Waals surface area contributed by atoms with Gasteiger partial charge in [0.1, 0.15) is 41.3 Å². The predicted octanol–water partition coefficient (Wildman–Crippen LogP) is 6.53. The Kier molecular flexibility index (Phi) is 6.34. The average Bonchev–Trinajstić information content (AvgIpc) is 2.84. The van der Waals surface area contributed by atoms with E-state index in [1.54, 1.807) is 24.3 Å². The van der Waals surface area contributed by atoms with Crippen LogP contribution in [0.25, 0.3) is 0 Å². The van der Waals surface area contributed by atoms with Gasteiger partial charge in [-0.1, -0.05) is 29.8 Å². The molecule has 0 saturated carbocycles. The summed E-state index contributed by atoms with van der Waals surface area (Å²) in [6.45, 7) is 4.07. The standard InChI is InChI=1S/C28H27ClO6/c1-28(2)23-15-22(27(30)31)25(16-32-18-10-8-17(29)9-11-18)34-26(23)21-14-20(12-13-24(21)35-28)33-19-6-4-3-5-7-19/h3-14,22-23,25-26H,15-16H2,1-2H3,(H,30,31)/t22-,23+,25+,26-/m1/s1. The number of halogens is 1. The van der Waals surface area contributed by atoms with Crippen LogP contribution in [0.1, 0.15) is 31.9 Å². The van der Waals surface area contributed by atoms with Crippen molar-refractivity contribution in [2.45, 2.75) is 38.1 Å². The van der Waals surface area contributed by atoms with Gasteiger partial charge in [-0.15, -0.1) is 0 Å². The summed E-state index contributed by atoms with van der Waals surface area (Å²) in [7, 11) is 0. The lowest BCUT2D eigenvalue weighted by Crippen LogP contribution is -2.53. The van der Waals surface area contributed by atoms with E-state index in [2.05, 4.69) is 0 Å². The van der Waals surface area contributed by atoms with E-state index >= 15 is 0 Å². The number of ether oxygens (including phenoxy) is 4. The highest BCUT2D eigenvalue weighted by Gasteiger charge is 2.52. The monoisotopic (exact) mass is 494 g/mol. The molecule has 2 aliphatic heterocycles. The summed E-state index contributed by atoms with van der Waals surface area (Å²) in [6.07, 6.45) is -0.586. The SMILES string of the molecule is CC1(C)Oc2ccc(Oc3ccccc3)cc2[C@H]2O[C@@H](COc3ccc(Cl)cc3)[C@H](C(=O)O)C[C@@H]21. The summed E-state index contributed by atoms with van der Waals surface area (Å²) >= 11 is 5.96. The van der Waals surface area contributed by atoms with Gasteiger partial charge in [-0.3, -0.25) is 4.79 Å². The summed E-state index contributed by atoms with van der Waals surface area (Å²) in [4.78, 5) is 12.2. The molecule has 0 unspecified atom stereocenters. The van der Waals surface area contributed by atoms with Gasteiger partial charge in [0, 0.05) is 16.5 Å². The molecule has 5 rings (SSSR count). The third-order valence-electron chi connectivity index (χ3n) is 6.72. The van der Waals surface area contributed by atoms with Crippen molar-refractivity contribution in [1.29, 1.82) is 0 Å². The number of fused-ring (bicyclic) bond motifs is 3. The Morgan fingerprint density at radius 3 is 2.46 bits per heavy atom. The summed E-state index contributed by atoms with van der Waals surface area (Å²) in [5.74, 6) is 0.918. The van der Waals surface area contributed by atoms with Gasteiger partial charge in [0.15, 0.2) is 0 Å². The van der Waals surface area contributed by atoms with Crippen molar-refractivity contribution in [3.63, 3.8) is 0 Å². The molecule has 6 nitrogen and oxygen atoms in total. The Hall–Kier alpha value is -3.22. The molecule has 0 amide bonds. The number of rotatable bonds is 6. The van der Waals surface area contributed by atoms with Crippen LogP contribution in [0, 0.1) is 11.8 Å². The fourth-order valence-electron chi connectivity index (χ4n) is 4.88. The Bertz CT molecular complexity index is 1190. The molecule has 3 aromatic carbocycles. The summed E-state index contributed by atoms with van der Waals surface area (Å²) in [5, 5.41) is 10.6. The van der Waals surface area contributed by atoms with Gasteiger partial charge in [-0.2, -0.15) is 0 Å². The van der Waals surface area contributed by atoms with Crippen LogP contribution in [0.4, 0.5) is 0 Å². The summed E-state index contributed by atoms with van der Waals surface area (Å²) < 4.78 is 24.8. The van der Waals surface area contributed by atoms with Crippen LogP contribution in [0.5, 0.6) is 23.0 Å². The second-order valence-corrected chi connectivity index (χ2v) is 9.90. The highest BCUT2D eigenvalue weighted by Crippen LogP contribution is 2.52. The molecule has 1 saturated heterocycles. The molecule has 1 fully saturated rings. The molecule has 1 N–H and O–H groups in total. The van der Waals surface area contributed by atoms with Crippen LogP contribution in [0.15, 0.2) is 72.8 Å². The van der Waals surface area contributed by atoms with Crippen LogP contribution < -0.4 is 14.2 Å². The first-order chi connectivity index (χ1) is 16.8. The number of carboxylic acids is 1. The van der Waals surface area contributed by atoms with Gasteiger partial charge in [-0.05, 0) is 74.9 Å². The molecule has 35 heavy (non-hydrogen) atoms. The second kappa shape index (κ2) is 9.44. The lowest BCUT2D eigenvalue weighted by atomic mass is 9.72. The molecule has 7 heteroatoms. The Labute approximate surface area is 209 Å². The largest absolute Gasteiger partial charge is 0.491 e. The number of para-hydroxylation sites is 1. The van der Waals surface area contributed by atoms with Crippen molar-refractivity contribution in [1.82, 2.24) is 0 Å². The molecule has 2 heterocycles. The molecule has 2 aliphatic rings. The van der Waals surface area contributed by atoms with Crippen molar-refractivity contribution in [3.05, 3.63) is 83.4 Å². The van der Waals surface area contributed by atoms with Crippen LogP contribution in [-0.2, 0) is 9.53 Å². The van der Waals surface area contributed by atoms with E-state index in [0.29, 0.717) is 28.7 Å². The lowest BCUT2D eigenvalue weighted by molar-refractivity contribution is -0.192. The number of hydrogen-bond acceptors (Lipinski definition) is 5. The highest BCUT2D eigenvalue weighted by atomic mass is 35.5. The van der Waals surface area contributed by atoms with Crippen LogP contribution in [-0.4, -0.2) is 29.4 Å². The molecule has 0 aromatic heterocycles. The number of carbonyl (C=O) groups is 1. The maximum absolute atomic E-state index is 12.2. The summed E-state index contributed by atoms with van der Waals surface area (Å²) in [6, 6.07) is 22.2. The Morgan fingerprint density at radius 1 is 1.03 bits per heavy atom. The maximum atomic E-state index is 12.2. The summed E-state index contributed by atoms with van der Waals surface area (Å²) in [5.41, 5.74) is 0.248. The second-order valence-electron chi connectivity index (χ2n) is 9.47. The maximum Gasteiger partial charge on any atom is 0.309 e. The van der Waals surface area contributed by atoms with Gasteiger partial charge in [0.25, 0.3) is 0 Å². The molecule has 182 valence electrons. The van der Waals surface area contributed by atoms with E-state index in [1.165, 1.54) is 0 Å². The van der Waals surface area contributed by atoms with Crippen molar-refractivity contribution >= 4 is 17.6 Å². The van der Waals surface area contributed by atoms with Crippen LogP contribution in [0.2, 0.25) is 5.02 Å². The van der Waals surface area contributed by atoms with E-state index in [1.807, 2.05) is 62.4 Å². The lowest BCUT2D eigenvalue weighted by Gasteiger charge is -2.50. The van der Waals surface area contributed by atoms with Gasteiger partial charge < -0.3 is 24.1 Å². The normalized spacial score (nSPS) is 24.4. The van der Waals surface area contributed by atoms with Crippen LogP contribution in [0.3, 0.4) is 0 Å². The zero-order valence-electron chi connectivity index (χ0n) is 19.5. The smallest absolute Gasteiger partial charge is 0.309 e. The molecule has 0 bridgehead atoms. The fourth-order valence-corrected chi connectivity index (χ4v) is 5.00. The predicted molar refractivity (Wildman–Crippen MR) is 131 cm³/mol. The molecule has 3 aromatic rings. The number of aliphatic carboxylic acids is 1. The minimum Gasteiger partial charge on any atom is -0.491 e. The molecular weight excluding hydrogens is 468 g/mol. The van der Waals surface area contributed by atoms with Gasteiger partial charge in [0.2, 0.25) is 0 Å². The first kappa shape index (κ1) is 23.5. The van der Waals surface area contributed by atoms with E-state index in [0.717, 1.165) is 11.3 Å². The van der Waals surface area contributed by atoms with Gasteiger partial charge in [0.05, 0.1) is 12.0 Å². The Morgan fingerprint density at radius 2 is 1.74 bits per heavy atom. The van der Waals surface area contributed by atoms with Crippen LogP contribution >= 0.6 is 11.6 Å². The van der Waals surface area contributed by atoms with E-state index in [9.17, 15) is 9.90 Å². The molecule has 0 radical (unpaired) electrons. The fraction of sp³-hybridized carbons (Fsp3) is 0.321. The molecule has 0 aliphatic carbocycles. The van der Waals surface area contributed by atoms with Gasteiger partial charge >= 0.3 is 5.97 Å². The third-order valence-corrected chi connectivity index (χ3v) is 6.97.